The van der Waals surface area contributed by atoms with E-state index in [4.69, 9.17) is 0 Å². The number of hydrogen-bond donors (Lipinski definition) is 0. The van der Waals surface area contributed by atoms with Crippen molar-refractivity contribution >= 4 is 0 Å². The molecule has 0 saturated carbocycles. The smallest absolute Gasteiger partial charge is 0.111 e. The molecule has 19 heavy (non-hydrogen) atoms. The summed E-state index contributed by atoms with van der Waals surface area (Å²) in [6, 6.07) is 2.66. The van der Waals surface area contributed by atoms with Crippen LogP contribution in [-0.4, -0.2) is 73.1 Å². The highest BCUT2D eigenvalue weighted by atomic mass is 15.3. The first-order valence-corrected chi connectivity index (χ1v) is 7.63. The molecule has 0 aliphatic carbocycles. The zero-order chi connectivity index (χ0) is 13.9. The van der Waals surface area contributed by atoms with E-state index in [0.29, 0.717) is 0 Å². The highest BCUT2D eigenvalue weighted by molar-refractivity contribution is 5.11. The lowest BCUT2D eigenvalue weighted by atomic mass is 9.86. The maximum absolute atomic E-state index is 9.70. The van der Waals surface area contributed by atoms with Crippen LogP contribution in [0.4, 0.5) is 0 Å². The maximum atomic E-state index is 9.70. The Kier molecular flexibility index (Phi) is 4.83. The molecule has 0 aromatic rings. The third-order valence-corrected chi connectivity index (χ3v) is 4.62. The van der Waals surface area contributed by atoms with Crippen molar-refractivity contribution in [2.75, 3.05) is 52.9 Å². The second-order valence-electron chi connectivity index (χ2n) is 6.63. The van der Waals surface area contributed by atoms with Crippen LogP contribution in [0.5, 0.6) is 0 Å². The van der Waals surface area contributed by atoms with E-state index in [1.54, 1.807) is 0 Å². The van der Waals surface area contributed by atoms with E-state index in [2.05, 4.69) is 41.7 Å². The van der Waals surface area contributed by atoms with Crippen LogP contribution in [0.2, 0.25) is 0 Å². The molecule has 0 spiro atoms. The Balaban J connectivity index is 1.93. The lowest BCUT2D eigenvalue weighted by molar-refractivity contribution is 0.0254. The van der Waals surface area contributed by atoms with E-state index in [1.165, 1.54) is 6.54 Å². The number of nitriles is 1. The van der Waals surface area contributed by atoms with Crippen molar-refractivity contribution in [1.29, 1.82) is 5.26 Å². The molecule has 0 aromatic carbocycles. The van der Waals surface area contributed by atoms with Crippen LogP contribution in [0.25, 0.3) is 0 Å². The predicted molar refractivity (Wildman–Crippen MR) is 77.9 cm³/mol. The van der Waals surface area contributed by atoms with Gasteiger partial charge in [-0.15, -0.1) is 0 Å². The molecule has 0 N–H and O–H groups in total. The standard InChI is InChI=1S/C15H28N4/c1-14(2)12-18-6-4-15(13-16,5-7-18)19-10-8-17(3)9-11-19/h14H,4-12H2,1-3H3. The van der Waals surface area contributed by atoms with Crippen LogP contribution in [0.1, 0.15) is 26.7 Å². The second-order valence-corrected chi connectivity index (χ2v) is 6.63. The molecule has 0 aromatic heterocycles. The minimum absolute atomic E-state index is 0.186. The van der Waals surface area contributed by atoms with Gasteiger partial charge in [0.1, 0.15) is 5.54 Å². The molecule has 2 rings (SSSR count). The first-order chi connectivity index (χ1) is 9.05. The van der Waals surface area contributed by atoms with E-state index in [0.717, 1.165) is 58.0 Å². The number of nitrogens with zero attached hydrogens (tertiary/aromatic N) is 4. The minimum Gasteiger partial charge on any atom is -0.304 e. The van der Waals surface area contributed by atoms with Crippen molar-refractivity contribution in [3.63, 3.8) is 0 Å². The molecule has 2 aliphatic heterocycles. The Bertz CT molecular complexity index is 318. The summed E-state index contributed by atoms with van der Waals surface area (Å²) in [5.74, 6) is 0.721. The predicted octanol–water partition coefficient (Wildman–Crippen LogP) is 1.25. The maximum Gasteiger partial charge on any atom is 0.111 e. The molecule has 2 saturated heterocycles. The summed E-state index contributed by atoms with van der Waals surface area (Å²) >= 11 is 0. The molecule has 0 unspecified atom stereocenters. The van der Waals surface area contributed by atoms with E-state index >= 15 is 0 Å². The van der Waals surface area contributed by atoms with Crippen molar-refractivity contribution in [3.8, 4) is 6.07 Å². The number of rotatable bonds is 3. The van der Waals surface area contributed by atoms with Crippen molar-refractivity contribution in [1.82, 2.24) is 14.7 Å². The fraction of sp³-hybridized carbons (Fsp3) is 0.933. The van der Waals surface area contributed by atoms with Crippen molar-refractivity contribution in [2.24, 2.45) is 5.92 Å². The van der Waals surface area contributed by atoms with Gasteiger partial charge in [-0.05, 0) is 25.8 Å². The van der Waals surface area contributed by atoms with Gasteiger partial charge < -0.3 is 9.80 Å². The number of likely N-dealkylation sites (N-methyl/N-ethyl adjacent to an activating group) is 1. The van der Waals surface area contributed by atoms with Crippen LogP contribution >= 0.6 is 0 Å². The van der Waals surface area contributed by atoms with Crippen molar-refractivity contribution in [2.45, 2.75) is 32.2 Å². The van der Waals surface area contributed by atoms with Gasteiger partial charge in [-0.2, -0.15) is 5.26 Å². The summed E-state index contributed by atoms with van der Waals surface area (Å²) in [6.45, 7) is 12.2. The molecule has 4 heteroatoms. The van der Waals surface area contributed by atoms with E-state index in [-0.39, 0.29) is 5.54 Å². The average molecular weight is 264 g/mol. The molecular weight excluding hydrogens is 236 g/mol. The number of hydrogen-bond acceptors (Lipinski definition) is 4. The van der Waals surface area contributed by atoms with Gasteiger partial charge in [0, 0.05) is 45.8 Å². The Morgan fingerprint density at radius 3 is 2.11 bits per heavy atom. The van der Waals surface area contributed by atoms with E-state index < -0.39 is 0 Å². The average Bonchev–Trinajstić information content (AvgIpc) is 2.40. The zero-order valence-corrected chi connectivity index (χ0v) is 12.7. The summed E-state index contributed by atoms with van der Waals surface area (Å²) in [4.78, 5) is 7.32. The fourth-order valence-electron chi connectivity index (χ4n) is 3.36. The summed E-state index contributed by atoms with van der Waals surface area (Å²) in [7, 11) is 2.17. The highest BCUT2D eigenvalue weighted by Crippen LogP contribution is 2.29. The number of piperidine rings is 1. The molecule has 0 radical (unpaired) electrons. The number of likely N-dealkylation sites (tertiary alicyclic amines) is 1. The normalized spacial score (nSPS) is 26.5. The third-order valence-electron chi connectivity index (χ3n) is 4.62. The second kappa shape index (κ2) is 6.21. The zero-order valence-electron chi connectivity index (χ0n) is 12.7. The van der Waals surface area contributed by atoms with Gasteiger partial charge in [0.05, 0.1) is 6.07 Å². The van der Waals surface area contributed by atoms with Crippen molar-refractivity contribution in [3.05, 3.63) is 0 Å². The summed E-state index contributed by atoms with van der Waals surface area (Å²) < 4.78 is 0. The lowest BCUT2D eigenvalue weighted by Crippen LogP contribution is -2.59. The molecule has 4 nitrogen and oxygen atoms in total. The fourth-order valence-corrected chi connectivity index (χ4v) is 3.36. The van der Waals surface area contributed by atoms with Gasteiger partial charge in [-0.1, -0.05) is 13.8 Å². The molecule has 0 atom stereocenters. The van der Waals surface area contributed by atoms with Crippen LogP contribution < -0.4 is 0 Å². The molecule has 2 aliphatic rings. The molecule has 0 amide bonds. The molecule has 108 valence electrons. The van der Waals surface area contributed by atoms with Gasteiger partial charge in [0.2, 0.25) is 0 Å². The molecule has 0 bridgehead atoms. The van der Waals surface area contributed by atoms with Gasteiger partial charge in [0.25, 0.3) is 0 Å². The summed E-state index contributed by atoms with van der Waals surface area (Å²) in [5, 5.41) is 9.70. The lowest BCUT2D eigenvalue weighted by Gasteiger charge is -2.47. The topological polar surface area (TPSA) is 33.5 Å². The Labute approximate surface area is 118 Å². The Morgan fingerprint density at radius 1 is 1.05 bits per heavy atom. The van der Waals surface area contributed by atoms with Gasteiger partial charge in [-0.3, -0.25) is 4.90 Å². The van der Waals surface area contributed by atoms with E-state index in [1.807, 2.05) is 0 Å². The van der Waals surface area contributed by atoms with Crippen molar-refractivity contribution < 1.29 is 0 Å². The highest BCUT2D eigenvalue weighted by Gasteiger charge is 2.40. The van der Waals surface area contributed by atoms with Gasteiger partial charge in [-0.25, -0.2) is 0 Å². The first kappa shape index (κ1) is 14.8. The van der Waals surface area contributed by atoms with Gasteiger partial charge in [0.15, 0.2) is 0 Å². The SMILES string of the molecule is CC(C)CN1CCC(C#N)(N2CCN(C)CC2)CC1. The Morgan fingerprint density at radius 2 is 1.63 bits per heavy atom. The monoisotopic (exact) mass is 264 g/mol. The first-order valence-electron chi connectivity index (χ1n) is 7.63. The largest absolute Gasteiger partial charge is 0.304 e. The summed E-state index contributed by atoms with van der Waals surface area (Å²) in [5.41, 5.74) is -0.186. The third kappa shape index (κ3) is 3.47. The van der Waals surface area contributed by atoms with Crippen LogP contribution in [0.15, 0.2) is 0 Å². The van der Waals surface area contributed by atoms with Gasteiger partial charge >= 0.3 is 0 Å². The van der Waals surface area contributed by atoms with Crippen LogP contribution in [0.3, 0.4) is 0 Å². The van der Waals surface area contributed by atoms with Crippen LogP contribution in [-0.2, 0) is 0 Å². The van der Waals surface area contributed by atoms with E-state index in [9.17, 15) is 5.26 Å². The quantitative estimate of drug-likeness (QED) is 0.768. The summed E-state index contributed by atoms with van der Waals surface area (Å²) in [6.07, 6.45) is 2.03. The molecule has 2 heterocycles. The van der Waals surface area contributed by atoms with Crippen LogP contribution in [0, 0.1) is 17.2 Å². The Hall–Kier alpha value is -0.630. The molecular formula is C15H28N4. The molecule has 2 fully saturated rings. The minimum atomic E-state index is -0.186. The number of piperazine rings is 1.